The van der Waals surface area contributed by atoms with Gasteiger partial charge in [-0.05, 0) is 45.0 Å². The zero-order valence-electron chi connectivity index (χ0n) is 10.2. The summed E-state index contributed by atoms with van der Waals surface area (Å²) < 4.78 is 2.34. The largest absolute Gasteiger partial charge is 0.347 e. The van der Waals surface area contributed by atoms with Crippen LogP contribution in [0.25, 0.3) is 10.9 Å². The highest BCUT2D eigenvalue weighted by Gasteiger charge is 2.05. The van der Waals surface area contributed by atoms with E-state index in [4.69, 9.17) is 0 Å². The second-order valence-corrected chi connectivity index (χ2v) is 4.16. The maximum absolute atomic E-state index is 3.20. The normalized spacial score (nSPS) is 11.1. The van der Waals surface area contributed by atoms with Gasteiger partial charge in [0.2, 0.25) is 0 Å². The van der Waals surface area contributed by atoms with Crippen molar-refractivity contribution in [3.63, 3.8) is 0 Å². The Hall–Kier alpha value is -1.28. The van der Waals surface area contributed by atoms with Crippen LogP contribution >= 0.6 is 0 Å². The minimum atomic E-state index is 1.05. The molecule has 0 aliphatic rings. The van der Waals surface area contributed by atoms with E-state index in [1.165, 1.54) is 22.9 Å². The first-order valence-corrected chi connectivity index (χ1v) is 6.08. The minimum absolute atomic E-state index is 1.05. The van der Waals surface area contributed by atoms with Crippen molar-refractivity contribution in [1.29, 1.82) is 0 Å². The van der Waals surface area contributed by atoms with Gasteiger partial charge in [0.15, 0.2) is 0 Å². The summed E-state index contributed by atoms with van der Waals surface area (Å²) in [6, 6.07) is 8.69. The van der Waals surface area contributed by atoms with Gasteiger partial charge in [0, 0.05) is 23.6 Å². The Balaban J connectivity index is 2.30. The van der Waals surface area contributed by atoms with Crippen LogP contribution in [0.3, 0.4) is 0 Å². The Kier molecular flexibility index (Phi) is 3.62. The maximum atomic E-state index is 3.20. The van der Waals surface area contributed by atoms with Gasteiger partial charge in [-0.1, -0.05) is 18.2 Å². The van der Waals surface area contributed by atoms with Gasteiger partial charge in [-0.15, -0.1) is 0 Å². The Morgan fingerprint density at radius 1 is 1.25 bits per heavy atom. The topological polar surface area (TPSA) is 17.0 Å². The summed E-state index contributed by atoms with van der Waals surface area (Å²) in [7, 11) is 2.01. The molecule has 0 fully saturated rings. The average molecular weight is 216 g/mol. The number of rotatable bonds is 5. The Morgan fingerprint density at radius 3 is 2.81 bits per heavy atom. The lowest BCUT2D eigenvalue weighted by Gasteiger charge is -1.98. The summed E-state index contributed by atoms with van der Waals surface area (Å²) >= 11 is 0. The molecule has 0 saturated carbocycles. The molecule has 1 N–H and O–H groups in total. The molecule has 1 aromatic carbocycles. The van der Waals surface area contributed by atoms with Crippen LogP contribution in [-0.2, 0) is 13.0 Å². The SMILES string of the molecule is CCn1cc(CCCNC)c2ccccc21. The smallest absolute Gasteiger partial charge is 0.0483 e. The van der Waals surface area contributed by atoms with E-state index in [9.17, 15) is 0 Å². The number of aryl methyl sites for hydroxylation is 2. The van der Waals surface area contributed by atoms with E-state index in [1.54, 1.807) is 0 Å². The third-order valence-electron chi connectivity index (χ3n) is 3.08. The standard InChI is InChI=1S/C14H20N2/c1-3-16-11-12(7-6-10-15-2)13-8-4-5-9-14(13)16/h4-5,8-9,11,15H,3,6-7,10H2,1-2H3. The van der Waals surface area contributed by atoms with Gasteiger partial charge < -0.3 is 9.88 Å². The molecule has 0 spiro atoms. The fourth-order valence-corrected chi connectivity index (χ4v) is 2.24. The average Bonchev–Trinajstić information content (AvgIpc) is 2.68. The zero-order valence-corrected chi connectivity index (χ0v) is 10.2. The van der Waals surface area contributed by atoms with Gasteiger partial charge in [0.1, 0.15) is 0 Å². The molecule has 0 bridgehead atoms. The zero-order chi connectivity index (χ0) is 11.4. The second-order valence-electron chi connectivity index (χ2n) is 4.16. The van der Waals surface area contributed by atoms with Crippen LogP contribution < -0.4 is 5.32 Å². The van der Waals surface area contributed by atoms with Gasteiger partial charge in [-0.2, -0.15) is 0 Å². The van der Waals surface area contributed by atoms with Crippen LogP contribution in [0, 0.1) is 0 Å². The van der Waals surface area contributed by atoms with Crippen molar-refractivity contribution in [2.24, 2.45) is 0 Å². The summed E-state index contributed by atoms with van der Waals surface area (Å²) in [5.74, 6) is 0. The highest BCUT2D eigenvalue weighted by atomic mass is 14.9. The first-order chi connectivity index (χ1) is 7.86. The van der Waals surface area contributed by atoms with Crippen LogP contribution in [-0.4, -0.2) is 18.2 Å². The van der Waals surface area contributed by atoms with E-state index >= 15 is 0 Å². The lowest BCUT2D eigenvalue weighted by Crippen LogP contribution is -2.08. The molecule has 0 unspecified atom stereocenters. The molecule has 0 atom stereocenters. The third kappa shape index (κ3) is 2.12. The molecule has 0 amide bonds. The maximum Gasteiger partial charge on any atom is 0.0483 e. The van der Waals surface area contributed by atoms with Crippen LogP contribution in [0.5, 0.6) is 0 Å². The lowest BCUT2D eigenvalue weighted by molar-refractivity contribution is 0.721. The Labute approximate surface area is 97.3 Å². The van der Waals surface area contributed by atoms with E-state index in [2.05, 4.69) is 47.3 Å². The van der Waals surface area contributed by atoms with Crippen molar-refractivity contribution in [3.8, 4) is 0 Å². The fraction of sp³-hybridized carbons (Fsp3) is 0.429. The minimum Gasteiger partial charge on any atom is -0.347 e. The molecule has 2 nitrogen and oxygen atoms in total. The fourth-order valence-electron chi connectivity index (χ4n) is 2.24. The molecule has 0 radical (unpaired) electrons. The summed E-state index contributed by atoms with van der Waals surface area (Å²) in [4.78, 5) is 0. The van der Waals surface area contributed by atoms with Crippen molar-refractivity contribution in [2.75, 3.05) is 13.6 Å². The number of benzene rings is 1. The Bertz CT molecular complexity index is 457. The van der Waals surface area contributed by atoms with E-state index in [1.807, 2.05) is 7.05 Å². The van der Waals surface area contributed by atoms with Crippen molar-refractivity contribution >= 4 is 10.9 Å². The molecular weight excluding hydrogens is 196 g/mol. The number of aromatic nitrogens is 1. The highest BCUT2D eigenvalue weighted by molar-refractivity contribution is 5.83. The van der Waals surface area contributed by atoms with Crippen LogP contribution in [0.15, 0.2) is 30.5 Å². The molecule has 2 heteroatoms. The predicted molar refractivity (Wildman–Crippen MR) is 69.9 cm³/mol. The monoisotopic (exact) mass is 216 g/mol. The molecule has 1 aromatic heterocycles. The summed E-state index contributed by atoms with van der Waals surface area (Å²) in [5.41, 5.74) is 2.84. The molecule has 2 rings (SSSR count). The Morgan fingerprint density at radius 2 is 2.06 bits per heavy atom. The van der Waals surface area contributed by atoms with Crippen molar-refractivity contribution in [3.05, 3.63) is 36.0 Å². The van der Waals surface area contributed by atoms with E-state index in [0.717, 1.165) is 19.5 Å². The number of hydrogen-bond donors (Lipinski definition) is 1. The van der Waals surface area contributed by atoms with E-state index in [-0.39, 0.29) is 0 Å². The van der Waals surface area contributed by atoms with Gasteiger partial charge >= 0.3 is 0 Å². The highest BCUT2D eigenvalue weighted by Crippen LogP contribution is 2.22. The molecule has 86 valence electrons. The second kappa shape index (κ2) is 5.17. The lowest BCUT2D eigenvalue weighted by atomic mass is 10.1. The van der Waals surface area contributed by atoms with Gasteiger partial charge in [0.25, 0.3) is 0 Å². The molecule has 2 aromatic rings. The molecule has 0 saturated heterocycles. The number of hydrogen-bond acceptors (Lipinski definition) is 1. The molecule has 1 heterocycles. The third-order valence-corrected chi connectivity index (χ3v) is 3.08. The van der Waals surface area contributed by atoms with Gasteiger partial charge in [-0.25, -0.2) is 0 Å². The summed E-state index contributed by atoms with van der Waals surface area (Å²) in [6.07, 6.45) is 4.67. The molecule has 16 heavy (non-hydrogen) atoms. The number of nitrogens with one attached hydrogen (secondary N) is 1. The predicted octanol–water partition coefficient (Wildman–Crippen LogP) is 2.81. The first-order valence-electron chi connectivity index (χ1n) is 6.08. The molecule has 0 aliphatic carbocycles. The van der Waals surface area contributed by atoms with Crippen LogP contribution in [0.2, 0.25) is 0 Å². The molecular formula is C14H20N2. The van der Waals surface area contributed by atoms with Crippen molar-refractivity contribution in [2.45, 2.75) is 26.3 Å². The quantitative estimate of drug-likeness (QED) is 0.760. The van der Waals surface area contributed by atoms with Gasteiger partial charge in [-0.3, -0.25) is 0 Å². The van der Waals surface area contributed by atoms with Crippen molar-refractivity contribution < 1.29 is 0 Å². The first kappa shape index (κ1) is 11.2. The van der Waals surface area contributed by atoms with Crippen molar-refractivity contribution in [1.82, 2.24) is 9.88 Å². The van der Waals surface area contributed by atoms with Crippen LogP contribution in [0.1, 0.15) is 18.9 Å². The summed E-state index contributed by atoms with van der Waals surface area (Å²) in [5, 5.41) is 4.62. The van der Waals surface area contributed by atoms with E-state index < -0.39 is 0 Å². The van der Waals surface area contributed by atoms with E-state index in [0.29, 0.717) is 0 Å². The summed E-state index contributed by atoms with van der Waals surface area (Å²) in [6.45, 7) is 4.34. The van der Waals surface area contributed by atoms with Crippen LogP contribution in [0.4, 0.5) is 0 Å². The van der Waals surface area contributed by atoms with Gasteiger partial charge in [0.05, 0.1) is 0 Å². The number of para-hydroxylation sites is 1. The number of nitrogens with zero attached hydrogens (tertiary/aromatic N) is 1. The molecule has 0 aliphatic heterocycles. The number of fused-ring (bicyclic) bond motifs is 1.